The molecule has 0 saturated carbocycles. The van der Waals surface area contributed by atoms with Crippen molar-refractivity contribution >= 4 is 0 Å². The summed E-state index contributed by atoms with van der Waals surface area (Å²) in [5.41, 5.74) is 0. The van der Waals surface area contributed by atoms with Gasteiger partial charge in [0.15, 0.2) is 35.3 Å². The van der Waals surface area contributed by atoms with Crippen LogP contribution >= 0.6 is 0 Å². The molecule has 3 aromatic rings. The Morgan fingerprint density at radius 2 is 0.679 bits per heavy atom. The number of aromatic nitrogens is 3. The van der Waals surface area contributed by atoms with Gasteiger partial charge >= 0.3 is 0 Å². The molecule has 0 bridgehead atoms. The van der Waals surface area contributed by atoms with Crippen molar-refractivity contribution in [2.45, 2.75) is 19.6 Å². The molecule has 0 spiro atoms. The summed E-state index contributed by atoms with van der Waals surface area (Å²) in [4.78, 5) is 1.96. The van der Waals surface area contributed by atoms with E-state index in [2.05, 4.69) is 0 Å². The van der Waals surface area contributed by atoms with E-state index >= 15 is 0 Å². The van der Waals surface area contributed by atoms with E-state index in [1.54, 1.807) is 0 Å². The van der Waals surface area contributed by atoms with Gasteiger partial charge in [0, 0.05) is 75.7 Å². The summed E-state index contributed by atoms with van der Waals surface area (Å²) in [6.07, 6.45) is 0. The molecule has 0 amide bonds. The van der Waals surface area contributed by atoms with Gasteiger partial charge in [-0.25, -0.2) is 0 Å². The molecule has 3 heterocycles. The van der Waals surface area contributed by atoms with E-state index in [1.165, 1.54) is 50.1 Å². The monoisotopic (exact) mass is 392 g/mol. The zero-order valence-corrected chi connectivity index (χ0v) is 15.2. The molecule has 0 aliphatic rings. The van der Waals surface area contributed by atoms with Gasteiger partial charge in [-0.3, -0.25) is 18.6 Å². The van der Waals surface area contributed by atoms with Crippen LogP contribution < -0.4 is 0 Å². The predicted molar refractivity (Wildman–Crippen MR) is 99.7 cm³/mol. The highest BCUT2D eigenvalue weighted by Crippen LogP contribution is 2.23. The second kappa shape index (κ2) is 8.09. The van der Waals surface area contributed by atoms with E-state index in [0.717, 1.165) is 0 Å². The van der Waals surface area contributed by atoms with E-state index in [1.807, 2.05) is 4.90 Å². The maximum absolute atomic E-state index is 9.79. The molecule has 0 saturated heterocycles. The zero-order valence-electron chi connectivity index (χ0n) is 15.2. The van der Waals surface area contributed by atoms with Crippen LogP contribution in [0, 0.1) is 0 Å². The van der Waals surface area contributed by atoms with Crippen molar-refractivity contribution in [1.29, 1.82) is 0 Å². The van der Waals surface area contributed by atoms with Gasteiger partial charge in [0.1, 0.15) is 0 Å². The molecular weight excluding hydrogens is 368 g/mol. The summed E-state index contributed by atoms with van der Waals surface area (Å²) in [6, 6.07) is 8.37. The molecule has 0 radical (unpaired) electrons. The smallest absolute Gasteiger partial charge is 0.193 e. The molecule has 0 unspecified atom stereocenters. The van der Waals surface area contributed by atoms with E-state index in [-0.39, 0.29) is 35.3 Å². The average Bonchev–Trinajstić information content (AvgIpc) is 3.27. The van der Waals surface area contributed by atoms with E-state index in [9.17, 15) is 30.6 Å². The summed E-state index contributed by atoms with van der Waals surface area (Å²) in [6.45, 7) is 2.21. The Labute approximate surface area is 161 Å². The standard InChI is InChI=1S/C18H24N4O6/c23-13-1-2-14(24)20(13)10-7-19(8-11-21-15(25)3-4-16(21)26)9-12-22-17(27)5-6-18(22)28/h1-6,23-28H,7-12H2. The first-order valence-electron chi connectivity index (χ1n) is 8.81. The maximum Gasteiger partial charge on any atom is 0.193 e. The summed E-state index contributed by atoms with van der Waals surface area (Å²) in [5.74, 6) is -0.340. The number of hydrogen-bond donors (Lipinski definition) is 6. The Hall–Kier alpha value is -3.40. The third-order valence-electron chi connectivity index (χ3n) is 4.72. The normalized spacial score (nSPS) is 11.5. The summed E-state index contributed by atoms with van der Waals surface area (Å²) >= 11 is 0. The fourth-order valence-electron chi connectivity index (χ4n) is 3.09. The molecule has 3 aromatic heterocycles. The fraction of sp³-hybridized carbons (Fsp3) is 0.333. The topological polar surface area (TPSA) is 139 Å². The first-order valence-corrected chi connectivity index (χ1v) is 8.81. The summed E-state index contributed by atoms with van der Waals surface area (Å²) < 4.78 is 4.05. The van der Waals surface area contributed by atoms with Crippen molar-refractivity contribution in [3.05, 3.63) is 36.4 Å². The quantitative estimate of drug-likeness (QED) is 0.320. The van der Waals surface area contributed by atoms with Crippen molar-refractivity contribution in [2.24, 2.45) is 0 Å². The van der Waals surface area contributed by atoms with Crippen LogP contribution in [0.2, 0.25) is 0 Å². The van der Waals surface area contributed by atoms with Crippen molar-refractivity contribution in [2.75, 3.05) is 19.6 Å². The Bertz CT molecular complexity index is 751. The maximum atomic E-state index is 9.79. The Morgan fingerprint density at radius 3 is 0.893 bits per heavy atom. The second-order valence-corrected chi connectivity index (χ2v) is 6.45. The largest absolute Gasteiger partial charge is 0.494 e. The highest BCUT2D eigenvalue weighted by molar-refractivity contribution is 5.25. The minimum absolute atomic E-state index is 0.0566. The Balaban J connectivity index is 1.67. The molecule has 10 nitrogen and oxygen atoms in total. The minimum atomic E-state index is -0.0566. The van der Waals surface area contributed by atoms with Crippen molar-refractivity contribution < 1.29 is 30.6 Å². The van der Waals surface area contributed by atoms with Crippen molar-refractivity contribution in [3.8, 4) is 35.3 Å². The molecule has 0 aliphatic heterocycles. The molecule has 0 atom stereocenters. The molecule has 0 aromatic carbocycles. The Kier molecular flexibility index (Phi) is 5.59. The van der Waals surface area contributed by atoms with Gasteiger partial charge in [-0.15, -0.1) is 0 Å². The molecular formula is C18H24N4O6. The average molecular weight is 392 g/mol. The van der Waals surface area contributed by atoms with Crippen LogP contribution in [0.5, 0.6) is 35.3 Å². The third kappa shape index (κ3) is 4.12. The van der Waals surface area contributed by atoms with Gasteiger partial charge in [0.2, 0.25) is 0 Å². The molecule has 0 fully saturated rings. The number of aromatic hydroxyl groups is 6. The summed E-state index contributed by atoms with van der Waals surface area (Å²) in [5, 5.41) is 58.8. The molecule has 152 valence electrons. The van der Waals surface area contributed by atoms with Crippen molar-refractivity contribution in [3.63, 3.8) is 0 Å². The second-order valence-electron chi connectivity index (χ2n) is 6.45. The lowest BCUT2D eigenvalue weighted by Gasteiger charge is -2.24. The molecule has 6 N–H and O–H groups in total. The lowest BCUT2D eigenvalue weighted by atomic mass is 10.4. The van der Waals surface area contributed by atoms with Crippen LogP contribution in [-0.4, -0.2) is 68.9 Å². The van der Waals surface area contributed by atoms with Gasteiger partial charge in [0.05, 0.1) is 0 Å². The predicted octanol–water partition coefficient (Wildman–Crippen LogP) is 1.03. The number of nitrogens with zero attached hydrogens (tertiary/aromatic N) is 4. The van der Waals surface area contributed by atoms with Gasteiger partial charge in [0.25, 0.3) is 0 Å². The lowest BCUT2D eigenvalue weighted by Crippen LogP contribution is -2.33. The number of rotatable bonds is 9. The van der Waals surface area contributed by atoms with Gasteiger partial charge in [-0.2, -0.15) is 0 Å². The summed E-state index contributed by atoms with van der Waals surface area (Å²) in [7, 11) is 0. The van der Waals surface area contributed by atoms with Crippen LogP contribution in [0.25, 0.3) is 0 Å². The lowest BCUT2D eigenvalue weighted by molar-refractivity contribution is 0.221. The van der Waals surface area contributed by atoms with E-state index < -0.39 is 0 Å². The van der Waals surface area contributed by atoms with Gasteiger partial charge < -0.3 is 30.6 Å². The van der Waals surface area contributed by atoms with Crippen LogP contribution in [0.3, 0.4) is 0 Å². The van der Waals surface area contributed by atoms with Gasteiger partial charge in [-0.05, 0) is 0 Å². The van der Waals surface area contributed by atoms with Crippen LogP contribution in [-0.2, 0) is 19.6 Å². The molecule has 28 heavy (non-hydrogen) atoms. The molecule has 0 aliphatic carbocycles. The van der Waals surface area contributed by atoms with Crippen LogP contribution in [0.15, 0.2) is 36.4 Å². The van der Waals surface area contributed by atoms with Crippen molar-refractivity contribution in [1.82, 2.24) is 18.6 Å². The van der Waals surface area contributed by atoms with Gasteiger partial charge in [-0.1, -0.05) is 0 Å². The Morgan fingerprint density at radius 1 is 0.464 bits per heavy atom. The van der Waals surface area contributed by atoms with E-state index in [0.29, 0.717) is 39.3 Å². The highest BCUT2D eigenvalue weighted by Gasteiger charge is 2.14. The highest BCUT2D eigenvalue weighted by atomic mass is 16.3. The minimum Gasteiger partial charge on any atom is -0.494 e. The van der Waals surface area contributed by atoms with Crippen LogP contribution in [0.4, 0.5) is 0 Å². The molecule has 10 heteroatoms. The van der Waals surface area contributed by atoms with E-state index in [4.69, 9.17) is 0 Å². The first kappa shape index (κ1) is 19.4. The van der Waals surface area contributed by atoms with Crippen LogP contribution in [0.1, 0.15) is 0 Å². The SMILES string of the molecule is Oc1ccc(O)n1CCN(CCn1c(O)ccc1O)CCn1c(O)ccc1O. The zero-order chi connectivity index (χ0) is 20.3. The first-order chi connectivity index (χ1) is 13.4. The molecule has 3 rings (SSSR count). The fourth-order valence-corrected chi connectivity index (χ4v) is 3.09. The number of hydrogen-bond acceptors (Lipinski definition) is 7. The third-order valence-corrected chi connectivity index (χ3v) is 4.72.